The van der Waals surface area contributed by atoms with Gasteiger partial charge in [-0.1, -0.05) is 18.1 Å². The van der Waals surface area contributed by atoms with Crippen LogP contribution in [0, 0.1) is 12.3 Å². The van der Waals surface area contributed by atoms with E-state index in [9.17, 15) is 5.11 Å². The van der Waals surface area contributed by atoms with Crippen molar-refractivity contribution in [1.82, 2.24) is 5.32 Å². The van der Waals surface area contributed by atoms with Gasteiger partial charge in [0.05, 0.1) is 19.0 Å². The number of hydrogen-bond acceptors (Lipinski definition) is 4. The molecule has 0 aliphatic rings. The molecular formula is C14H19NO2S. The third kappa shape index (κ3) is 5.46. The van der Waals surface area contributed by atoms with Crippen LogP contribution in [-0.2, 0) is 0 Å². The first kappa shape index (κ1) is 14.9. The monoisotopic (exact) mass is 265 g/mol. The van der Waals surface area contributed by atoms with Gasteiger partial charge in [0.15, 0.2) is 0 Å². The van der Waals surface area contributed by atoms with E-state index in [0.717, 1.165) is 29.4 Å². The van der Waals surface area contributed by atoms with Gasteiger partial charge in [0, 0.05) is 18.8 Å². The van der Waals surface area contributed by atoms with Crippen LogP contribution in [0.5, 0.6) is 5.75 Å². The zero-order chi connectivity index (χ0) is 13.2. The maximum absolute atomic E-state index is 9.94. The zero-order valence-corrected chi connectivity index (χ0v) is 11.4. The molecule has 3 nitrogen and oxygen atoms in total. The molecule has 18 heavy (non-hydrogen) atoms. The van der Waals surface area contributed by atoms with E-state index in [-0.39, 0.29) is 0 Å². The molecule has 0 fully saturated rings. The summed E-state index contributed by atoms with van der Waals surface area (Å²) in [6, 6.07) is 7.44. The Morgan fingerprint density at radius 1 is 1.44 bits per heavy atom. The van der Waals surface area contributed by atoms with E-state index in [1.807, 2.05) is 24.3 Å². The van der Waals surface area contributed by atoms with Gasteiger partial charge in [-0.25, -0.2) is 0 Å². The standard InChI is InChI=1S/C14H19NO2S/c1-3-9-18-10-8-15-11-14(16)12-4-6-13(17-2)7-5-12/h1,4-7,14-16H,8-11H2,2H3. The van der Waals surface area contributed by atoms with Crippen molar-refractivity contribution in [3.05, 3.63) is 29.8 Å². The molecule has 0 bridgehead atoms. The van der Waals surface area contributed by atoms with E-state index in [4.69, 9.17) is 11.2 Å². The first-order chi connectivity index (χ1) is 8.77. The number of hydrogen-bond donors (Lipinski definition) is 2. The van der Waals surface area contributed by atoms with Crippen LogP contribution in [0.1, 0.15) is 11.7 Å². The fourth-order valence-electron chi connectivity index (χ4n) is 1.46. The number of ether oxygens (including phenoxy) is 1. The predicted octanol–water partition coefficient (Wildman–Crippen LogP) is 1.68. The number of aliphatic hydroxyl groups is 1. The second kappa shape index (κ2) is 8.87. The molecule has 0 aliphatic heterocycles. The van der Waals surface area contributed by atoms with Crippen molar-refractivity contribution in [3.8, 4) is 18.1 Å². The van der Waals surface area contributed by atoms with Crippen molar-refractivity contribution in [1.29, 1.82) is 0 Å². The molecule has 0 amide bonds. The highest BCUT2D eigenvalue weighted by atomic mass is 32.2. The smallest absolute Gasteiger partial charge is 0.118 e. The molecule has 0 saturated heterocycles. The normalized spacial score (nSPS) is 11.8. The van der Waals surface area contributed by atoms with Gasteiger partial charge < -0.3 is 15.2 Å². The molecule has 0 spiro atoms. The average molecular weight is 265 g/mol. The molecular weight excluding hydrogens is 246 g/mol. The third-order valence-corrected chi connectivity index (χ3v) is 3.31. The molecule has 98 valence electrons. The first-order valence-electron chi connectivity index (χ1n) is 5.82. The van der Waals surface area contributed by atoms with E-state index in [2.05, 4.69) is 11.2 Å². The highest BCUT2D eigenvalue weighted by molar-refractivity contribution is 7.99. The Morgan fingerprint density at radius 2 is 2.17 bits per heavy atom. The highest BCUT2D eigenvalue weighted by Crippen LogP contribution is 2.16. The lowest BCUT2D eigenvalue weighted by Gasteiger charge is -2.12. The minimum atomic E-state index is -0.492. The van der Waals surface area contributed by atoms with Crippen molar-refractivity contribution in [2.45, 2.75) is 6.10 Å². The lowest BCUT2D eigenvalue weighted by Crippen LogP contribution is -2.23. The molecule has 1 atom stereocenters. The molecule has 1 aromatic rings. The molecule has 0 heterocycles. The fourth-order valence-corrected chi connectivity index (χ4v) is 2.01. The molecule has 1 aromatic carbocycles. The van der Waals surface area contributed by atoms with E-state index < -0.39 is 6.10 Å². The van der Waals surface area contributed by atoms with Gasteiger partial charge in [0.2, 0.25) is 0 Å². The summed E-state index contributed by atoms with van der Waals surface area (Å²) < 4.78 is 5.07. The van der Waals surface area contributed by atoms with Gasteiger partial charge in [-0.15, -0.1) is 18.2 Å². The van der Waals surface area contributed by atoms with Crippen molar-refractivity contribution in [3.63, 3.8) is 0 Å². The summed E-state index contributed by atoms with van der Waals surface area (Å²) in [5, 5.41) is 13.1. The van der Waals surface area contributed by atoms with Crippen LogP contribution in [-0.4, -0.2) is 36.8 Å². The van der Waals surface area contributed by atoms with E-state index in [1.54, 1.807) is 18.9 Å². The molecule has 0 radical (unpaired) electrons. The van der Waals surface area contributed by atoms with Crippen molar-refractivity contribution in [2.24, 2.45) is 0 Å². The SMILES string of the molecule is C#CCSCCNCC(O)c1ccc(OC)cc1. The van der Waals surface area contributed by atoms with E-state index in [1.165, 1.54) is 0 Å². The average Bonchev–Trinajstić information content (AvgIpc) is 2.42. The topological polar surface area (TPSA) is 41.5 Å². The molecule has 1 rings (SSSR count). The molecule has 4 heteroatoms. The Balaban J connectivity index is 2.23. The van der Waals surface area contributed by atoms with Crippen molar-refractivity contribution in [2.75, 3.05) is 31.7 Å². The number of nitrogens with one attached hydrogen (secondary N) is 1. The summed E-state index contributed by atoms with van der Waals surface area (Å²) in [4.78, 5) is 0. The minimum Gasteiger partial charge on any atom is -0.497 e. The van der Waals surface area contributed by atoms with Crippen LogP contribution >= 0.6 is 11.8 Å². The number of thioether (sulfide) groups is 1. The van der Waals surface area contributed by atoms with E-state index in [0.29, 0.717) is 6.54 Å². The van der Waals surface area contributed by atoms with Crippen LogP contribution in [0.15, 0.2) is 24.3 Å². The second-order valence-electron chi connectivity index (χ2n) is 3.75. The predicted molar refractivity (Wildman–Crippen MR) is 77.0 cm³/mol. The van der Waals surface area contributed by atoms with Gasteiger partial charge in [-0.05, 0) is 17.7 Å². The summed E-state index contributed by atoms with van der Waals surface area (Å²) in [6.45, 7) is 1.39. The van der Waals surface area contributed by atoms with Gasteiger partial charge in [-0.3, -0.25) is 0 Å². The third-order valence-electron chi connectivity index (χ3n) is 2.45. The van der Waals surface area contributed by atoms with Crippen LogP contribution in [0.3, 0.4) is 0 Å². The Bertz CT molecular complexity index is 372. The van der Waals surface area contributed by atoms with Crippen molar-refractivity contribution < 1.29 is 9.84 Å². The number of terminal acetylenes is 1. The van der Waals surface area contributed by atoms with E-state index >= 15 is 0 Å². The van der Waals surface area contributed by atoms with Crippen LogP contribution in [0.25, 0.3) is 0 Å². The maximum atomic E-state index is 9.94. The number of aliphatic hydroxyl groups excluding tert-OH is 1. The Kier molecular flexibility index (Phi) is 7.35. The Labute approximate surface area is 113 Å². The first-order valence-corrected chi connectivity index (χ1v) is 6.97. The molecule has 0 aliphatic carbocycles. The van der Waals surface area contributed by atoms with Crippen LogP contribution < -0.4 is 10.1 Å². The van der Waals surface area contributed by atoms with Gasteiger partial charge in [0.1, 0.15) is 5.75 Å². The number of rotatable bonds is 8. The van der Waals surface area contributed by atoms with Gasteiger partial charge >= 0.3 is 0 Å². The summed E-state index contributed by atoms with van der Waals surface area (Å²) in [5.74, 6) is 5.07. The summed E-state index contributed by atoms with van der Waals surface area (Å²) >= 11 is 1.71. The van der Waals surface area contributed by atoms with Crippen LogP contribution in [0.2, 0.25) is 0 Å². The summed E-state index contributed by atoms with van der Waals surface area (Å²) in [7, 11) is 1.63. The quantitative estimate of drug-likeness (QED) is 0.554. The minimum absolute atomic E-state index is 0.492. The zero-order valence-electron chi connectivity index (χ0n) is 10.6. The van der Waals surface area contributed by atoms with Gasteiger partial charge in [0.25, 0.3) is 0 Å². The molecule has 2 N–H and O–H groups in total. The Morgan fingerprint density at radius 3 is 2.78 bits per heavy atom. The lowest BCUT2D eigenvalue weighted by molar-refractivity contribution is 0.175. The molecule has 0 saturated carbocycles. The summed E-state index contributed by atoms with van der Waals surface area (Å²) in [6.07, 6.45) is 4.66. The Hall–Kier alpha value is -1.15. The van der Waals surface area contributed by atoms with Crippen molar-refractivity contribution >= 4 is 11.8 Å². The molecule has 1 unspecified atom stereocenters. The highest BCUT2D eigenvalue weighted by Gasteiger charge is 2.06. The molecule has 0 aromatic heterocycles. The lowest BCUT2D eigenvalue weighted by atomic mass is 10.1. The van der Waals surface area contributed by atoms with Gasteiger partial charge in [-0.2, -0.15) is 0 Å². The number of methoxy groups -OCH3 is 1. The largest absolute Gasteiger partial charge is 0.497 e. The summed E-state index contributed by atoms with van der Waals surface area (Å²) in [5.41, 5.74) is 0.888. The second-order valence-corrected chi connectivity index (χ2v) is 4.85. The number of benzene rings is 1. The fraction of sp³-hybridized carbons (Fsp3) is 0.429. The van der Waals surface area contributed by atoms with Crippen LogP contribution in [0.4, 0.5) is 0 Å². The maximum Gasteiger partial charge on any atom is 0.118 e.